The SMILES string of the molecule is COc1ccc([N+](=O)[O-])c(C2CC2CN)c1. The molecule has 2 unspecified atom stereocenters. The van der Waals surface area contributed by atoms with Gasteiger partial charge < -0.3 is 10.5 Å². The Hall–Kier alpha value is -1.62. The third kappa shape index (κ3) is 1.86. The molecule has 5 heteroatoms. The maximum absolute atomic E-state index is 10.9. The first-order valence-electron chi connectivity index (χ1n) is 5.19. The number of ether oxygens (including phenoxy) is 1. The molecule has 0 aromatic heterocycles. The second-order valence-electron chi connectivity index (χ2n) is 4.02. The molecular formula is C11H14N2O3. The van der Waals surface area contributed by atoms with Crippen LogP contribution in [0.5, 0.6) is 5.75 Å². The summed E-state index contributed by atoms with van der Waals surface area (Å²) >= 11 is 0. The summed E-state index contributed by atoms with van der Waals surface area (Å²) in [5.41, 5.74) is 6.48. The van der Waals surface area contributed by atoms with Crippen molar-refractivity contribution in [3.63, 3.8) is 0 Å². The van der Waals surface area contributed by atoms with E-state index in [-0.39, 0.29) is 16.5 Å². The average molecular weight is 222 g/mol. The fourth-order valence-corrected chi connectivity index (χ4v) is 2.01. The van der Waals surface area contributed by atoms with Crippen LogP contribution in [0.15, 0.2) is 18.2 Å². The molecule has 2 rings (SSSR count). The fraction of sp³-hybridized carbons (Fsp3) is 0.455. The lowest BCUT2D eigenvalue weighted by Crippen LogP contribution is -2.03. The van der Waals surface area contributed by atoms with Crippen LogP contribution < -0.4 is 10.5 Å². The molecule has 0 saturated heterocycles. The second kappa shape index (κ2) is 4.09. The minimum absolute atomic E-state index is 0.168. The van der Waals surface area contributed by atoms with E-state index in [0.717, 1.165) is 12.0 Å². The van der Waals surface area contributed by atoms with E-state index in [4.69, 9.17) is 10.5 Å². The summed E-state index contributed by atoms with van der Waals surface area (Å²) in [6, 6.07) is 4.86. The number of benzene rings is 1. The molecule has 16 heavy (non-hydrogen) atoms. The summed E-state index contributed by atoms with van der Waals surface area (Å²) in [5.74, 6) is 1.26. The Bertz CT molecular complexity index is 420. The molecule has 5 nitrogen and oxygen atoms in total. The lowest BCUT2D eigenvalue weighted by Gasteiger charge is -2.05. The number of nitro groups is 1. The molecule has 1 aromatic rings. The molecular weight excluding hydrogens is 208 g/mol. The number of nitrogens with two attached hydrogens (primary N) is 1. The van der Waals surface area contributed by atoms with Gasteiger partial charge in [-0.15, -0.1) is 0 Å². The summed E-state index contributed by atoms with van der Waals surface area (Å²) in [7, 11) is 1.55. The molecule has 0 radical (unpaired) electrons. The number of hydrogen-bond donors (Lipinski definition) is 1. The second-order valence-corrected chi connectivity index (χ2v) is 4.02. The number of methoxy groups -OCH3 is 1. The van der Waals surface area contributed by atoms with E-state index in [0.29, 0.717) is 18.2 Å². The van der Waals surface area contributed by atoms with E-state index in [2.05, 4.69) is 0 Å². The summed E-state index contributed by atoms with van der Waals surface area (Å²) in [4.78, 5) is 10.5. The van der Waals surface area contributed by atoms with Crippen molar-refractivity contribution < 1.29 is 9.66 Å². The van der Waals surface area contributed by atoms with Crippen LogP contribution in [0.4, 0.5) is 5.69 Å². The first kappa shape index (κ1) is 10.9. The monoisotopic (exact) mass is 222 g/mol. The van der Waals surface area contributed by atoms with Gasteiger partial charge in [-0.2, -0.15) is 0 Å². The van der Waals surface area contributed by atoms with Crippen molar-refractivity contribution in [1.29, 1.82) is 0 Å². The molecule has 86 valence electrons. The Morgan fingerprint density at radius 1 is 1.62 bits per heavy atom. The van der Waals surface area contributed by atoms with Gasteiger partial charge in [0.2, 0.25) is 0 Å². The van der Waals surface area contributed by atoms with Gasteiger partial charge in [-0.1, -0.05) is 0 Å². The van der Waals surface area contributed by atoms with E-state index in [9.17, 15) is 10.1 Å². The third-order valence-corrected chi connectivity index (χ3v) is 3.06. The minimum atomic E-state index is -0.347. The third-order valence-electron chi connectivity index (χ3n) is 3.06. The normalized spacial score (nSPS) is 22.9. The van der Waals surface area contributed by atoms with Gasteiger partial charge in [0.05, 0.1) is 12.0 Å². The Morgan fingerprint density at radius 3 is 2.88 bits per heavy atom. The summed E-state index contributed by atoms with van der Waals surface area (Å²) in [6.45, 7) is 0.582. The predicted octanol–water partition coefficient (Wildman–Crippen LogP) is 1.67. The lowest BCUT2D eigenvalue weighted by atomic mass is 10.1. The van der Waals surface area contributed by atoms with Gasteiger partial charge in [0, 0.05) is 11.6 Å². The van der Waals surface area contributed by atoms with Gasteiger partial charge in [0.25, 0.3) is 5.69 Å². The minimum Gasteiger partial charge on any atom is -0.497 e. The van der Waals surface area contributed by atoms with Crippen LogP contribution in [0.2, 0.25) is 0 Å². The number of rotatable bonds is 4. The van der Waals surface area contributed by atoms with Crippen molar-refractivity contribution >= 4 is 5.69 Å². The van der Waals surface area contributed by atoms with Crippen molar-refractivity contribution in [2.75, 3.05) is 13.7 Å². The molecule has 1 fully saturated rings. The van der Waals surface area contributed by atoms with Crippen LogP contribution in [0, 0.1) is 16.0 Å². The Morgan fingerprint density at radius 2 is 2.38 bits per heavy atom. The molecule has 1 aliphatic rings. The Kier molecular flexibility index (Phi) is 2.78. The fourth-order valence-electron chi connectivity index (χ4n) is 2.01. The maximum atomic E-state index is 10.9. The molecule has 0 aliphatic heterocycles. The zero-order chi connectivity index (χ0) is 11.7. The molecule has 0 amide bonds. The molecule has 2 atom stereocenters. The van der Waals surface area contributed by atoms with Crippen molar-refractivity contribution in [2.45, 2.75) is 12.3 Å². The molecule has 1 aromatic carbocycles. The van der Waals surface area contributed by atoms with Crippen LogP contribution >= 0.6 is 0 Å². The highest BCUT2D eigenvalue weighted by molar-refractivity contribution is 5.49. The van der Waals surface area contributed by atoms with E-state index >= 15 is 0 Å². The van der Waals surface area contributed by atoms with Gasteiger partial charge >= 0.3 is 0 Å². The quantitative estimate of drug-likeness (QED) is 0.620. The van der Waals surface area contributed by atoms with Gasteiger partial charge in [-0.3, -0.25) is 10.1 Å². The Balaban J connectivity index is 2.36. The molecule has 0 bridgehead atoms. The van der Waals surface area contributed by atoms with Crippen LogP contribution in [0.25, 0.3) is 0 Å². The predicted molar refractivity (Wildman–Crippen MR) is 59.6 cm³/mol. The maximum Gasteiger partial charge on any atom is 0.273 e. The van der Waals surface area contributed by atoms with E-state index in [1.807, 2.05) is 0 Å². The molecule has 0 spiro atoms. The summed E-state index contributed by atoms with van der Waals surface area (Å²) in [5, 5.41) is 10.9. The van der Waals surface area contributed by atoms with Crippen molar-refractivity contribution in [3.05, 3.63) is 33.9 Å². The van der Waals surface area contributed by atoms with Crippen LogP contribution in [0.1, 0.15) is 17.9 Å². The van der Waals surface area contributed by atoms with E-state index in [1.54, 1.807) is 19.2 Å². The lowest BCUT2D eigenvalue weighted by molar-refractivity contribution is -0.385. The van der Waals surface area contributed by atoms with Crippen LogP contribution in [-0.4, -0.2) is 18.6 Å². The van der Waals surface area contributed by atoms with E-state index < -0.39 is 0 Å². The topological polar surface area (TPSA) is 78.4 Å². The van der Waals surface area contributed by atoms with E-state index in [1.165, 1.54) is 6.07 Å². The average Bonchev–Trinajstić information content (AvgIpc) is 3.07. The first-order valence-corrected chi connectivity index (χ1v) is 5.19. The first-order chi connectivity index (χ1) is 7.67. The van der Waals surface area contributed by atoms with Gasteiger partial charge in [0.1, 0.15) is 5.75 Å². The van der Waals surface area contributed by atoms with Gasteiger partial charge in [-0.05, 0) is 36.9 Å². The highest BCUT2D eigenvalue weighted by atomic mass is 16.6. The molecule has 1 aliphatic carbocycles. The zero-order valence-corrected chi connectivity index (χ0v) is 9.05. The largest absolute Gasteiger partial charge is 0.497 e. The smallest absolute Gasteiger partial charge is 0.273 e. The standard InChI is InChI=1S/C11H14N2O3/c1-16-8-2-3-11(13(14)15)10(5-8)9-4-7(9)6-12/h2-3,5,7,9H,4,6,12H2,1H3. The number of hydrogen-bond acceptors (Lipinski definition) is 4. The van der Waals surface area contributed by atoms with Crippen LogP contribution in [0.3, 0.4) is 0 Å². The highest BCUT2D eigenvalue weighted by Gasteiger charge is 2.41. The number of nitrogens with zero attached hydrogens (tertiary/aromatic N) is 1. The van der Waals surface area contributed by atoms with Gasteiger partial charge in [0.15, 0.2) is 0 Å². The summed E-state index contributed by atoms with van der Waals surface area (Å²) < 4.78 is 5.08. The molecule has 2 N–H and O–H groups in total. The zero-order valence-electron chi connectivity index (χ0n) is 9.05. The summed E-state index contributed by atoms with van der Waals surface area (Å²) in [6.07, 6.45) is 0.935. The number of nitro benzene ring substituents is 1. The van der Waals surface area contributed by atoms with Crippen molar-refractivity contribution in [1.82, 2.24) is 0 Å². The molecule has 0 heterocycles. The highest BCUT2D eigenvalue weighted by Crippen LogP contribution is 2.50. The van der Waals surface area contributed by atoms with Crippen LogP contribution in [-0.2, 0) is 0 Å². The Labute approximate surface area is 93.4 Å². The van der Waals surface area contributed by atoms with Gasteiger partial charge in [-0.25, -0.2) is 0 Å². The molecule has 1 saturated carbocycles. The van der Waals surface area contributed by atoms with Crippen molar-refractivity contribution in [2.24, 2.45) is 11.7 Å². The van der Waals surface area contributed by atoms with Crippen molar-refractivity contribution in [3.8, 4) is 5.75 Å².